The van der Waals surface area contributed by atoms with Crippen molar-refractivity contribution < 1.29 is 14.3 Å². The van der Waals surface area contributed by atoms with Gasteiger partial charge in [-0.2, -0.15) is 0 Å². The van der Waals surface area contributed by atoms with Gasteiger partial charge < -0.3 is 9.47 Å². The molecule has 0 saturated heterocycles. The molecule has 0 aromatic rings. The molecule has 12 heavy (non-hydrogen) atoms. The van der Waals surface area contributed by atoms with E-state index in [4.69, 9.17) is 0 Å². The summed E-state index contributed by atoms with van der Waals surface area (Å²) in [5, 5.41) is 0. The molecule has 0 heterocycles. The first-order valence-electron chi connectivity index (χ1n) is 3.64. The lowest BCUT2D eigenvalue weighted by Gasteiger charge is -2.04. The maximum atomic E-state index is 10.9. The third-order valence-corrected chi connectivity index (χ3v) is 1.21. The molecular weight excluding hydrogens is 156 g/mol. The highest BCUT2D eigenvalue weighted by atomic mass is 16.7. The van der Waals surface area contributed by atoms with Crippen molar-refractivity contribution in [2.45, 2.75) is 19.8 Å². The van der Waals surface area contributed by atoms with Crippen molar-refractivity contribution >= 4 is 5.97 Å². The van der Waals surface area contributed by atoms with Gasteiger partial charge in [0.2, 0.25) is 0 Å². The molecule has 0 N–H and O–H groups in total. The van der Waals surface area contributed by atoms with Crippen LogP contribution in [0.15, 0.2) is 24.7 Å². The maximum Gasteiger partial charge on any atom is 0.313 e. The number of carbonyl (C=O) groups is 1. The van der Waals surface area contributed by atoms with E-state index in [2.05, 4.69) is 22.6 Å². The second kappa shape index (κ2) is 5.41. The molecule has 0 aliphatic rings. The van der Waals surface area contributed by atoms with Gasteiger partial charge in [-0.15, -0.1) is 6.58 Å². The summed E-state index contributed by atoms with van der Waals surface area (Å²) in [7, 11) is 1.40. The fourth-order valence-electron chi connectivity index (χ4n) is 0.535. The zero-order chi connectivity index (χ0) is 9.56. The van der Waals surface area contributed by atoms with Gasteiger partial charge in [0.05, 0.1) is 7.11 Å². The quantitative estimate of drug-likeness (QED) is 0.359. The Bertz CT molecular complexity index is 194. The summed E-state index contributed by atoms with van der Waals surface area (Å²) in [5.41, 5.74) is 0.954. The van der Waals surface area contributed by atoms with Crippen LogP contribution in [0.4, 0.5) is 0 Å². The van der Waals surface area contributed by atoms with Gasteiger partial charge in [0.1, 0.15) is 0 Å². The van der Waals surface area contributed by atoms with Gasteiger partial charge in [0.15, 0.2) is 0 Å². The Morgan fingerprint density at radius 1 is 1.33 bits per heavy atom. The predicted molar refractivity (Wildman–Crippen MR) is 46.3 cm³/mol. The summed E-state index contributed by atoms with van der Waals surface area (Å²) >= 11 is 0. The lowest BCUT2D eigenvalue weighted by atomic mass is 10.2. The Labute approximate surface area is 72.7 Å². The van der Waals surface area contributed by atoms with E-state index >= 15 is 0 Å². The summed E-state index contributed by atoms with van der Waals surface area (Å²) in [4.78, 5) is 10.9. The molecule has 0 fully saturated rings. The lowest BCUT2D eigenvalue weighted by Crippen LogP contribution is -2.04. The first kappa shape index (κ1) is 10.8. The van der Waals surface area contributed by atoms with E-state index in [1.54, 1.807) is 0 Å². The highest BCUT2D eigenvalue weighted by molar-refractivity contribution is 5.70. The number of hydrogen-bond donors (Lipinski definition) is 0. The number of esters is 1. The second-order valence-corrected chi connectivity index (χ2v) is 2.51. The zero-order valence-electron chi connectivity index (χ0n) is 7.55. The van der Waals surface area contributed by atoms with Crippen LogP contribution in [0.5, 0.6) is 0 Å². The van der Waals surface area contributed by atoms with Crippen molar-refractivity contribution in [3.05, 3.63) is 24.7 Å². The minimum Gasteiger partial charge on any atom is -0.469 e. The van der Waals surface area contributed by atoms with Crippen LogP contribution in [-0.4, -0.2) is 13.1 Å². The zero-order valence-corrected chi connectivity index (χ0v) is 7.55. The average molecular weight is 170 g/mol. The highest BCUT2D eigenvalue weighted by Crippen LogP contribution is 2.04. The summed E-state index contributed by atoms with van der Waals surface area (Å²) in [5.74, 6) is -0.313. The van der Waals surface area contributed by atoms with Gasteiger partial charge in [0.25, 0.3) is 5.95 Å². The maximum absolute atomic E-state index is 10.9. The number of ether oxygens (including phenoxy) is 2. The van der Waals surface area contributed by atoms with Crippen LogP contribution in [0.3, 0.4) is 0 Å². The first-order valence-corrected chi connectivity index (χ1v) is 3.64. The lowest BCUT2D eigenvalue weighted by molar-refractivity contribution is -0.144. The fourth-order valence-corrected chi connectivity index (χ4v) is 0.535. The minimum atomic E-state index is -0.343. The van der Waals surface area contributed by atoms with E-state index in [1.807, 2.05) is 6.92 Å². The van der Waals surface area contributed by atoms with Gasteiger partial charge in [0, 0.05) is 6.42 Å². The summed E-state index contributed by atoms with van der Waals surface area (Å²) in [6, 6.07) is 0. The number of allylic oxidation sites excluding steroid dienone is 1. The van der Waals surface area contributed by atoms with E-state index in [0.29, 0.717) is 12.8 Å². The molecule has 0 aliphatic heterocycles. The van der Waals surface area contributed by atoms with E-state index in [1.165, 1.54) is 7.11 Å². The number of rotatable bonds is 5. The van der Waals surface area contributed by atoms with Crippen molar-refractivity contribution in [1.29, 1.82) is 0 Å². The summed E-state index contributed by atoms with van der Waals surface area (Å²) in [6.07, 6.45) is 0.952. The molecule has 0 spiro atoms. The molecule has 0 saturated carbocycles. The molecule has 0 rings (SSSR count). The molecule has 0 unspecified atom stereocenters. The largest absolute Gasteiger partial charge is 0.469 e. The fraction of sp³-hybridized carbons (Fsp3) is 0.444. The van der Waals surface area contributed by atoms with Crippen molar-refractivity contribution in [1.82, 2.24) is 0 Å². The standard InChI is InChI=1S/C9H14O3/c1-7(2)5-6-9(10)12-8(3)11-4/h1,3,5-6H2,2,4H3. The minimum absolute atomic E-state index is 0.0294. The molecule has 3 heteroatoms. The van der Waals surface area contributed by atoms with Gasteiger partial charge in [-0.05, 0) is 19.9 Å². The van der Waals surface area contributed by atoms with Crippen LogP contribution in [0.25, 0.3) is 0 Å². The molecule has 0 aromatic carbocycles. The Morgan fingerprint density at radius 3 is 2.33 bits per heavy atom. The van der Waals surface area contributed by atoms with E-state index in [-0.39, 0.29) is 11.9 Å². The molecular formula is C9H14O3. The topological polar surface area (TPSA) is 35.5 Å². The number of hydrogen-bond acceptors (Lipinski definition) is 3. The van der Waals surface area contributed by atoms with Crippen molar-refractivity contribution in [3.8, 4) is 0 Å². The molecule has 0 aromatic heterocycles. The van der Waals surface area contributed by atoms with E-state index in [0.717, 1.165) is 5.57 Å². The van der Waals surface area contributed by atoms with Gasteiger partial charge in [-0.1, -0.05) is 5.57 Å². The summed E-state index contributed by atoms with van der Waals surface area (Å²) in [6.45, 7) is 8.88. The van der Waals surface area contributed by atoms with Crippen LogP contribution in [0.2, 0.25) is 0 Å². The van der Waals surface area contributed by atoms with E-state index in [9.17, 15) is 4.79 Å². The molecule has 3 nitrogen and oxygen atoms in total. The van der Waals surface area contributed by atoms with E-state index < -0.39 is 0 Å². The third kappa shape index (κ3) is 5.53. The highest BCUT2D eigenvalue weighted by Gasteiger charge is 2.04. The predicted octanol–water partition coefficient (Wildman–Crippen LogP) is 2.00. The van der Waals surface area contributed by atoms with Crippen molar-refractivity contribution in [3.63, 3.8) is 0 Å². The van der Waals surface area contributed by atoms with Gasteiger partial charge >= 0.3 is 5.97 Å². The average Bonchev–Trinajstić information content (AvgIpc) is 2.00. The van der Waals surface area contributed by atoms with Crippen LogP contribution in [0.1, 0.15) is 19.8 Å². The Balaban J connectivity index is 3.60. The number of methoxy groups -OCH3 is 1. The van der Waals surface area contributed by atoms with Crippen LogP contribution in [0, 0.1) is 0 Å². The van der Waals surface area contributed by atoms with Crippen LogP contribution in [-0.2, 0) is 14.3 Å². The molecule has 0 amide bonds. The summed E-state index contributed by atoms with van der Waals surface area (Å²) < 4.78 is 9.22. The van der Waals surface area contributed by atoms with Crippen molar-refractivity contribution in [2.24, 2.45) is 0 Å². The van der Waals surface area contributed by atoms with Crippen LogP contribution < -0.4 is 0 Å². The molecule has 0 radical (unpaired) electrons. The van der Waals surface area contributed by atoms with Gasteiger partial charge in [-0.3, -0.25) is 4.79 Å². The Kier molecular flexibility index (Phi) is 4.84. The smallest absolute Gasteiger partial charge is 0.313 e. The molecule has 0 bridgehead atoms. The Hall–Kier alpha value is -1.25. The molecule has 0 aliphatic carbocycles. The van der Waals surface area contributed by atoms with Gasteiger partial charge in [-0.25, -0.2) is 0 Å². The first-order chi connectivity index (χ1) is 5.56. The molecule has 68 valence electrons. The van der Waals surface area contributed by atoms with Crippen LogP contribution >= 0.6 is 0 Å². The normalized spacial score (nSPS) is 8.83. The van der Waals surface area contributed by atoms with Crippen molar-refractivity contribution in [2.75, 3.05) is 7.11 Å². The SMILES string of the molecule is C=C(C)CCC(=O)OC(=C)OC. The Morgan fingerprint density at radius 2 is 1.92 bits per heavy atom. The number of carbonyl (C=O) groups excluding carboxylic acids is 1. The second-order valence-electron chi connectivity index (χ2n) is 2.51. The molecule has 0 atom stereocenters. The monoisotopic (exact) mass is 170 g/mol. The third-order valence-electron chi connectivity index (χ3n) is 1.21.